The minimum absolute atomic E-state index is 0.183. The van der Waals surface area contributed by atoms with Crippen LogP contribution in [0.5, 0.6) is 5.75 Å². The van der Waals surface area contributed by atoms with E-state index in [1.54, 1.807) is 18.2 Å². The van der Waals surface area contributed by atoms with Crippen LogP contribution in [0.1, 0.15) is 11.1 Å². The first-order chi connectivity index (χ1) is 6.83. The molecule has 0 heterocycles. The highest BCUT2D eigenvalue weighted by molar-refractivity contribution is 5.49. The van der Waals surface area contributed by atoms with Gasteiger partial charge in [-0.25, -0.2) is 9.79 Å². The number of hydrogen-bond acceptors (Lipinski definition) is 4. The number of nitrogens with zero attached hydrogens (tertiary/aromatic N) is 2. The molecule has 0 radical (unpaired) electrons. The number of hydrogen-bond donors (Lipinski definition) is 0. The van der Waals surface area contributed by atoms with Gasteiger partial charge < -0.3 is 4.74 Å². The van der Waals surface area contributed by atoms with Gasteiger partial charge in [0.1, 0.15) is 11.8 Å². The van der Waals surface area contributed by atoms with E-state index in [1.807, 2.05) is 6.07 Å². The van der Waals surface area contributed by atoms with Crippen molar-refractivity contribution in [2.75, 3.05) is 7.11 Å². The summed E-state index contributed by atoms with van der Waals surface area (Å²) in [6, 6.07) is 7.11. The molecule has 0 aliphatic carbocycles. The first kappa shape index (κ1) is 9.97. The molecule has 0 bridgehead atoms. The molecule has 0 saturated heterocycles. The van der Waals surface area contributed by atoms with E-state index >= 15 is 0 Å². The van der Waals surface area contributed by atoms with E-state index in [2.05, 4.69) is 4.99 Å². The molecule has 0 aliphatic rings. The van der Waals surface area contributed by atoms with Gasteiger partial charge in [-0.2, -0.15) is 5.26 Å². The summed E-state index contributed by atoms with van der Waals surface area (Å²) in [5.74, 6) is 0.467. The van der Waals surface area contributed by atoms with Crippen LogP contribution in [0.3, 0.4) is 0 Å². The van der Waals surface area contributed by atoms with Gasteiger partial charge in [-0.05, 0) is 6.07 Å². The number of isocyanates is 1. The summed E-state index contributed by atoms with van der Waals surface area (Å²) in [4.78, 5) is 13.4. The maximum absolute atomic E-state index is 9.93. The second kappa shape index (κ2) is 4.80. The van der Waals surface area contributed by atoms with E-state index in [1.165, 1.54) is 13.2 Å². The van der Waals surface area contributed by atoms with Crippen molar-refractivity contribution in [2.24, 2.45) is 4.99 Å². The van der Waals surface area contributed by atoms with Gasteiger partial charge >= 0.3 is 0 Å². The minimum Gasteiger partial charge on any atom is -0.495 e. The molecule has 0 amide bonds. The molecule has 0 saturated carbocycles. The zero-order valence-electron chi connectivity index (χ0n) is 7.65. The predicted molar refractivity (Wildman–Crippen MR) is 49.5 cm³/mol. The molecule has 0 atom stereocenters. The zero-order valence-corrected chi connectivity index (χ0v) is 7.65. The van der Waals surface area contributed by atoms with E-state index in [0.29, 0.717) is 16.9 Å². The lowest BCUT2D eigenvalue weighted by Crippen LogP contribution is -1.93. The Morgan fingerprint density at radius 2 is 2.36 bits per heavy atom. The molecule has 0 aliphatic heterocycles. The molecule has 1 aromatic rings. The van der Waals surface area contributed by atoms with Gasteiger partial charge in [0.05, 0.1) is 19.2 Å². The molecule has 0 N–H and O–H groups in total. The number of benzene rings is 1. The molecular formula is C10H8N2O2. The molecule has 0 fully saturated rings. The molecule has 0 unspecified atom stereocenters. The number of ether oxygens (including phenoxy) is 1. The summed E-state index contributed by atoms with van der Waals surface area (Å²) >= 11 is 0. The first-order valence-corrected chi connectivity index (χ1v) is 3.93. The third-order valence-electron chi connectivity index (χ3n) is 1.74. The van der Waals surface area contributed by atoms with Crippen molar-refractivity contribution in [1.29, 1.82) is 5.26 Å². The van der Waals surface area contributed by atoms with Crippen LogP contribution in [0.15, 0.2) is 23.2 Å². The predicted octanol–water partition coefficient (Wildman–Crippen LogP) is 1.40. The van der Waals surface area contributed by atoms with Crippen molar-refractivity contribution in [3.05, 3.63) is 29.3 Å². The summed E-state index contributed by atoms with van der Waals surface area (Å²) < 4.78 is 5.05. The first-order valence-electron chi connectivity index (χ1n) is 3.93. The fraction of sp³-hybridized carbons (Fsp3) is 0.200. The lowest BCUT2D eigenvalue weighted by Gasteiger charge is -2.06. The standard InChI is InChI=1S/C10H8N2O2/c1-14-10-8(5-11)3-2-4-9(10)6-12-7-13/h2-4H,6H2,1H3. The Kier molecular flexibility index (Phi) is 3.42. The molecule has 0 spiro atoms. The molecule has 4 heteroatoms. The van der Waals surface area contributed by atoms with Gasteiger partial charge in [-0.1, -0.05) is 12.1 Å². The fourth-order valence-corrected chi connectivity index (χ4v) is 1.16. The average Bonchev–Trinajstić information content (AvgIpc) is 2.25. The summed E-state index contributed by atoms with van der Waals surface area (Å²) in [7, 11) is 1.48. The summed E-state index contributed by atoms with van der Waals surface area (Å²) in [6.07, 6.45) is 1.44. The van der Waals surface area contributed by atoms with Gasteiger partial charge in [0.15, 0.2) is 0 Å². The summed E-state index contributed by atoms with van der Waals surface area (Å²) in [5.41, 5.74) is 1.14. The van der Waals surface area contributed by atoms with Crippen LogP contribution in [0.2, 0.25) is 0 Å². The van der Waals surface area contributed by atoms with Gasteiger partial charge in [-0.3, -0.25) is 0 Å². The van der Waals surface area contributed by atoms with E-state index in [-0.39, 0.29) is 6.54 Å². The Hall–Kier alpha value is -2.11. The Morgan fingerprint density at radius 3 is 2.93 bits per heavy atom. The monoisotopic (exact) mass is 188 g/mol. The van der Waals surface area contributed by atoms with Gasteiger partial charge in [0, 0.05) is 5.56 Å². The van der Waals surface area contributed by atoms with Gasteiger partial charge in [0.2, 0.25) is 6.08 Å². The van der Waals surface area contributed by atoms with E-state index < -0.39 is 0 Å². The number of methoxy groups -OCH3 is 1. The molecule has 0 aromatic heterocycles. The highest BCUT2D eigenvalue weighted by Gasteiger charge is 2.07. The van der Waals surface area contributed by atoms with Crippen molar-refractivity contribution in [2.45, 2.75) is 6.54 Å². The lowest BCUT2D eigenvalue weighted by atomic mass is 10.1. The third kappa shape index (κ3) is 1.98. The van der Waals surface area contributed by atoms with Crippen molar-refractivity contribution in [3.8, 4) is 11.8 Å². The summed E-state index contributed by atoms with van der Waals surface area (Å²) in [6.45, 7) is 0.183. The van der Waals surface area contributed by atoms with Crippen LogP contribution in [-0.2, 0) is 11.3 Å². The number of carbonyl (C=O) groups excluding carboxylic acids is 1. The van der Waals surface area contributed by atoms with Crippen LogP contribution < -0.4 is 4.74 Å². The topological polar surface area (TPSA) is 62.4 Å². The van der Waals surface area contributed by atoms with Crippen LogP contribution in [0.4, 0.5) is 0 Å². The van der Waals surface area contributed by atoms with Crippen LogP contribution in [0.25, 0.3) is 0 Å². The largest absolute Gasteiger partial charge is 0.495 e. The zero-order chi connectivity index (χ0) is 10.4. The van der Waals surface area contributed by atoms with Gasteiger partial charge in [0.25, 0.3) is 0 Å². The number of para-hydroxylation sites is 1. The molecule has 1 rings (SSSR count). The van der Waals surface area contributed by atoms with Crippen LogP contribution in [-0.4, -0.2) is 13.2 Å². The normalized spacial score (nSPS) is 8.57. The molecule has 70 valence electrons. The average molecular weight is 188 g/mol. The van der Waals surface area contributed by atoms with Crippen molar-refractivity contribution >= 4 is 6.08 Å². The van der Waals surface area contributed by atoms with E-state index in [0.717, 1.165) is 0 Å². The SMILES string of the molecule is COc1c(C#N)cccc1CN=C=O. The van der Waals surface area contributed by atoms with Crippen molar-refractivity contribution in [1.82, 2.24) is 0 Å². The lowest BCUT2D eigenvalue weighted by molar-refractivity contribution is 0.408. The Bertz CT molecular complexity index is 415. The Balaban J connectivity index is 3.16. The molecular weight excluding hydrogens is 180 g/mol. The van der Waals surface area contributed by atoms with Crippen molar-refractivity contribution < 1.29 is 9.53 Å². The third-order valence-corrected chi connectivity index (χ3v) is 1.74. The minimum atomic E-state index is 0.183. The highest BCUT2D eigenvalue weighted by Crippen LogP contribution is 2.23. The van der Waals surface area contributed by atoms with Crippen LogP contribution in [0, 0.1) is 11.3 Å². The van der Waals surface area contributed by atoms with E-state index in [9.17, 15) is 4.79 Å². The second-order valence-electron chi connectivity index (χ2n) is 2.52. The Morgan fingerprint density at radius 1 is 1.57 bits per heavy atom. The van der Waals surface area contributed by atoms with Crippen LogP contribution >= 0.6 is 0 Å². The number of aliphatic imine (C=N–C) groups is 1. The maximum Gasteiger partial charge on any atom is 0.235 e. The second-order valence-corrected chi connectivity index (χ2v) is 2.52. The quantitative estimate of drug-likeness (QED) is 0.532. The van der Waals surface area contributed by atoms with E-state index in [4.69, 9.17) is 10.00 Å². The van der Waals surface area contributed by atoms with Gasteiger partial charge in [-0.15, -0.1) is 0 Å². The maximum atomic E-state index is 9.93. The summed E-state index contributed by atoms with van der Waals surface area (Å²) in [5, 5.41) is 8.76. The number of nitriles is 1. The molecule has 14 heavy (non-hydrogen) atoms. The number of rotatable bonds is 3. The molecule has 4 nitrogen and oxygen atoms in total. The molecule has 1 aromatic carbocycles. The highest BCUT2D eigenvalue weighted by atomic mass is 16.5. The Labute approximate surface area is 81.5 Å². The fourth-order valence-electron chi connectivity index (χ4n) is 1.16. The van der Waals surface area contributed by atoms with Crippen molar-refractivity contribution in [3.63, 3.8) is 0 Å². The smallest absolute Gasteiger partial charge is 0.235 e.